The summed E-state index contributed by atoms with van der Waals surface area (Å²) in [6.07, 6.45) is 0.854. The summed E-state index contributed by atoms with van der Waals surface area (Å²) in [6, 6.07) is 0.459. The first-order valence-electron chi connectivity index (χ1n) is 5.77. The van der Waals surface area contributed by atoms with Crippen LogP contribution in [0.5, 0.6) is 0 Å². The lowest BCUT2D eigenvalue weighted by Crippen LogP contribution is -2.52. The van der Waals surface area contributed by atoms with Crippen molar-refractivity contribution in [2.45, 2.75) is 31.8 Å². The average Bonchev–Trinajstić information content (AvgIpc) is 2.18. The number of likely N-dealkylation sites (N-methyl/N-ethyl adjacent to an activating group) is 1. The number of hydrogen-bond acceptors (Lipinski definition) is 4. The maximum absolute atomic E-state index is 9.13. The van der Waals surface area contributed by atoms with Crippen molar-refractivity contribution >= 4 is 0 Å². The Morgan fingerprint density at radius 2 is 1.87 bits per heavy atom. The van der Waals surface area contributed by atoms with Crippen LogP contribution in [-0.4, -0.2) is 66.3 Å². The van der Waals surface area contributed by atoms with Crippen molar-refractivity contribution in [1.82, 2.24) is 9.80 Å². The van der Waals surface area contributed by atoms with Gasteiger partial charge in [0.05, 0.1) is 6.61 Å². The van der Waals surface area contributed by atoms with Crippen molar-refractivity contribution in [1.29, 1.82) is 0 Å². The van der Waals surface area contributed by atoms with Crippen molar-refractivity contribution < 1.29 is 5.11 Å². The van der Waals surface area contributed by atoms with E-state index >= 15 is 0 Å². The first kappa shape index (κ1) is 12.9. The number of nitrogens with two attached hydrogens (primary N) is 1. The summed E-state index contributed by atoms with van der Waals surface area (Å²) in [5, 5.41) is 9.13. The molecule has 0 bridgehead atoms. The minimum absolute atomic E-state index is 0.0606. The smallest absolute Gasteiger partial charge is 0.0609 e. The van der Waals surface area contributed by atoms with E-state index in [1.807, 2.05) is 6.92 Å². The number of rotatable bonds is 4. The molecule has 0 radical (unpaired) electrons. The summed E-state index contributed by atoms with van der Waals surface area (Å²) < 4.78 is 0. The Kier molecular flexibility index (Phi) is 4.52. The van der Waals surface area contributed by atoms with Crippen molar-refractivity contribution in [3.63, 3.8) is 0 Å². The van der Waals surface area contributed by atoms with Crippen LogP contribution in [0.1, 0.15) is 20.3 Å². The lowest BCUT2D eigenvalue weighted by atomic mass is 9.95. The van der Waals surface area contributed by atoms with Gasteiger partial charge in [-0.1, -0.05) is 0 Å². The quantitative estimate of drug-likeness (QED) is 0.677. The van der Waals surface area contributed by atoms with Gasteiger partial charge < -0.3 is 15.7 Å². The van der Waals surface area contributed by atoms with Gasteiger partial charge in [-0.3, -0.25) is 4.90 Å². The monoisotopic (exact) mass is 215 g/mol. The third kappa shape index (κ3) is 4.07. The van der Waals surface area contributed by atoms with E-state index in [0.717, 1.165) is 32.6 Å². The fourth-order valence-electron chi connectivity index (χ4n) is 2.13. The molecule has 1 rings (SSSR count). The molecule has 0 spiro atoms. The Morgan fingerprint density at radius 3 is 2.33 bits per heavy atom. The maximum atomic E-state index is 9.13. The number of piperazine rings is 1. The van der Waals surface area contributed by atoms with Gasteiger partial charge in [-0.15, -0.1) is 0 Å². The van der Waals surface area contributed by atoms with Crippen LogP contribution in [0.25, 0.3) is 0 Å². The van der Waals surface area contributed by atoms with Gasteiger partial charge in [-0.25, -0.2) is 0 Å². The highest BCUT2D eigenvalue weighted by Gasteiger charge is 2.25. The molecule has 0 aromatic carbocycles. The molecule has 1 saturated heterocycles. The first-order valence-corrected chi connectivity index (χ1v) is 5.77. The van der Waals surface area contributed by atoms with Crippen LogP contribution in [0.3, 0.4) is 0 Å². The zero-order valence-corrected chi connectivity index (χ0v) is 10.2. The number of hydrogen-bond donors (Lipinski definition) is 2. The molecule has 0 aromatic heterocycles. The van der Waals surface area contributed by atoms with Gasteiger partial charge in [-0.05, 0) is 27.3 Å². The molecule has 4 nitrogen and oxygen atoms in total. The Hall–Kier alpha value is -0.160. The van der Waals surface area contributed by atoms with E-state index in [4.69, 9.17) is 10.8 Å². The molecule has 15 heavy (non-hydrogen) atoms. The van der Waals surface area contributed by atoms with E-state index in [1.165, 1.54) is 0 Å². The second-order valence-electron chi connectivity index (χ2n) is 5.20. The van der Waals surface area contributed by atoms with E-state index in [-0.39, 0.29) is 6.61 Å². The summed E-state index contributed by atoms with van der Waals surface area (Å²) in [6.45, 7) is 8.66. The van der Waals surface area contributed by atoms with E-state index in [1.54, 1.807) is 0 Å². The van der Waals surface area contributed by atoms with Crippen LogP contribution in [0.4, 0.5) is 0 Å². The molecular formula is C11H25N3O. The molecule has 2 atom stereocenters. The Labute approximate surface area is 93.0 Å². The molecule has 0 amide bonds. The van der Waals surface area contributed by atoms with E-state index < -0.39 is 5.54 Å². The highest BCUT2D eigenvalue weighted by Crippen LogP contribution is 2.14. The fraction of sp³-hybridized carbons (Fsp3) is 1.00. The molecular weight excluding hydrogens is 190 g/mol. The fourth-order valence-corrected chi connectivity index (χ4v) is 2.13. The topological polar surface area (TPSA) is 52.7 Å². The van der Waals surface area contributed by atoms with Gasteiger partial charge in [-0.2, -0.15) is 0 Å². The SMILES string of the molecule is CC(CC(C)(N)CO)N1CCN(C)CC1. The van der Waals surface area contributed by atoms with Crippen LogP contribution >= 0.6 is 0 Å². The van der Waals surface area contributed by atoms with Gasteiger partial charge in [0.1, 0.15) is 0 Å². The van der Waals surface area contributed by atoms with Gasteiger partial charge in [0, 0.05) is 37.8 Å². The molecule has 0 saturated carbocycles. The molecule has 1 aliphatic rings. The molecule has 2 unspecified atom stereocenters. The van der Waals surface area contributed by atoms with Crippen molar-refractivity contribution in [2.75, 3.05) is 39.8 Å². The normalized spacial score (nSPS) is 26.2. The zero-order chi connectivity index (χ0) is 11.5. The molecule has 0 aromatic rings. The molecule has 3 N–H and O–H groups in total. The van der Waals surface area contributed by atoms with Crippen LogP contribution < -0.4 is 5.73 Å². The summed E-state index contributed by atoms with van der Waals surface area (Å²) in [7, 11) is 2.16. The van der Waals surface area contributed by atoms with E-state index in [0.29, 0.717) is 6.04 Å². The van der Waals surface area contributed by atoms with Gasteiger partial charge in [0.2, 0.25) is 0 Å². The number of nitrogens with zero attached hydrogens (tertiary/aromatic N) is 2. The lowest BCUT2D eigenvalue weighted by molar-refractivity contribution is 0.0911. The molecule has 90 valence electrons. The Bertz CT molecular complexity index is 188. The molecule has 1 heterocycles. The third-order valence-electron chi connectivity index (χ3n) is 3.28. The number of aliphatic hydroxyl groups is 1. The Balaban J connectivity index is 2.37. The summed E-state index contributed by atoms with van der Waals surface area (Å²) in [5.74, 6) is 0. The first-order chi connectivity index (χ1) is 6.94. The Morgan fingerprint density at radius 1 is 1.33 bits per heavy atom. The summed E-state index contributed by atoms with van der Waals surface area (Å²) in [4.78, 5) is 4.80. The van der Waals surface area contributed by atoms with E-state index in [2.05, 4.69) is 23.8 Å². The second-order valence-corrected chi connectivity index (χ2v) is 5.20. The minimum atomic E-state index is -0.442. The van der Waals surface area contributed by atoms with Crippen LogP contribution in [0.15, 0.2) is 0 Å². The summed E-state index contributed by atoms with van der Waals surface area (Å²) >= 11 is 0. The standard InChI is InChI=1S/C11H25N3O/c1-10(8-11(2,12)9-15)14-6-4-13(3)5-7-14/h10,15H,4-9,12H2,1-3H3. The molecule has 0 aliphatic carbocycles. The predicted octanol–water partition coefficient (Wildman–Crippen LogP) is -0.278. The molecule has 1 fully saturated rings. The predicted molar refractivity (Wildman–Crippen MR) is 62.8 cm³/mol. The van der Waals surface area contributed by atoms with Crippen molar-refractivity contribution in [2.24, 2.45) is 5.73 Å². The minimum Gasteiger partial charge on any atom is -0.394 e. The van der Waals surface area contributed by atoms with Crippen molar-refractivity contribution in [3.8, 4) is 0 Å². The molecule has 1 aliphatic heterocycles. The van der Waals surface area contributed by atoms with Crippen LogP contribution in [0, 0.1) is 0 Å². The maximum Gasteiger partial charge on any atom is 0.0609 e. The van der Waals surface area contributed by atoms with Crippen LogP contribution in [-0.2, 0) is 0 Å². The lowest BCUT2D eigenvalue weighted by Gasteiger charge is -2.39. The second kappa shape index (κ2) is 5.25. The highest BCUT2D eigenvalue weighted by atomic mass is 16.3. The summed E-state index contributed by atoms with van der Waals surface area (Å²) in [5.41, 5.74) is 5.52. The van der Waals surface area contributed by atoms with Gasteiger partial charge in [0.25, 0.3) is 0 Å². The van der Waals surface area contributed by atoms with Crippen LogP contribution in [0.2, 0.25) is 0 Å². The van der Waals surface area contributed by atoms with Gasteiger partial charge >= 0.3 is 0 Å². The van der Waals surface area contributed by atoms with Crippen molar-refractivity contribution in [3.05, 3.63) is 0 Å². The third-order valence-corrected chi connectivity index (χ3v) is 3.28. The largest absolute Gasteiger partial charge is 0.394 e. The number of aliphatic hydroxyl groups excluding tert-OH is 1. The van der Waals surface area contributed by atoms with E-state index in [9.17, 15) is 0 Å². The average molecular weight is 215 g/mol. The highest BCUT2D eigenvalue weighted by molar-refractivity contribution is 4.85. The zero-order valence-electron chi connectivity index (χ0n) is 10.2. The molecule has 4 heteroatoms. The van der Waals surface area contributed by atoms with Gasteiger partial charge in [0.15, 0.2) is 0 Å².